The average molecular weight is 272 g/mol. The number of nitriles is 1. The molecule has 0 aliphatic carbocycles. The SMILES string of the molecule is CN1CCN(C2CCN(c3nccnc3C#N)C2)CC1. The Kier molecular flexibility index (Phi) is 3.81. The van der Waals surface area contributed by atoms with Crippen LogP contribution < -0.4 is 4.90 Å². The minimum absolute atomic E-state index is 0.437. The molecule has 0 bridgehead atoms. The predicted molar refractivity (Wildman–Crippen MR) is 76.4 cm³/mol. The fraction of sp³-hybridized carbons (Fsp3) is 0.643. The van der Waals surface area contributed by atoms with Gasteiger partial charge in [-0.25, -0.2) is 9.97 Å². The highest BCUT2D eigenvalue weighted by Crippen LogP contribution is 2.23. The van der Waals surface area contributed by atoms with E-state index in [1.165, 1.54) is 0 Å². The van der Waals surface area contributed by atoms with Crippen LogP contribution in [0.2, 0.25) is 0 Å². The maximum Gasteiger partial charge on any atom is 0.183 e. The normalized spacial score (nSPS) is 24.8. The van der Waals surface area contributed by atoms with Gasteiger partial charge in [-0.3, -0.25) is 4.90 Å². The zero-order chi connectivity index (χ0) is 13.9. The second-order valence-corrected chi connectivity index (χ2v) is 5.57. The largest absolute Gasteiger partial charge is 0.353 e. The van der Waals surface area contributed by atoms with Gasteiger partial charge in [-0.15, -0.1) is 0 Å². The maximum atomic E-state index is 9.13. The summed E-state index contributed by atoms with van der Waals surface area (Å²) < 4.78 is 0. The van der Waals surface area contributed by atoms with E-state index < -0.39 is 0 Å². The van der Waals surface area contributed by atoms with Crippen molar-refractivity contribution in [2.45, 2.75) is 12.5 Å². The lowest BCUT2D eigenvalue weighted by Crippen LogP contribution is -2.49. The minimum Gasteiger partial charge on any atom is -0.353 e. The van der Waals surface area contributed by atoms with Gasteiger partial charge < -0.3 is 9.80 Å². The van der Waals surface area contributed by atoms with Crippen LogP contribution in [0.5, 0.6) is 0 Å². The number of anilines is 1. The van der Waals surface area contributed by atoms with Crippen molar-refractivity contribution >= 4 is 5.82 Å². The van der Waals surface area contributed by atoms with Crippen LogP contribution in [0.25, 0.3) is 0 Å². The average Bonchev–Trinajstić information content (AvgIpc) is 2.97. The molecule has 0 saturated carbocycles. The van der Waals surface area contributed by atoms with Gasteiger partial charge in [-0.1, -0.05) is 0 Å². The first-order chi connectivity index (χ1) is 9.78. The number of hydrogen-bond acceptors (Lipinski definition) is 6. The van der Waals surface area contributed by atoms with Gasteiger partial charge in [-0.05, 0) is 13.5 Å². The summed E-state index contributed by atoms with van der Waals surface area (Å²) >= 11 is 0. The molecule has 3 heterocycles. The molecule has 0 N–H and O–H groups in total. The maximum absolute atomic E-state index is 9.13. The van der Waals surface area contributed by atoms with Crippen molar-refractivity contribution in [2.75, 3.05) is 51.2 Å². The van der Waals surface area contributed by atoms with Crippen molar-refractivity contribution in [3.05, 3.63) is 18.1 Å². The van der Waals surface area contributed by atoms with E-state index in [2.05, 4.69) is 37.8 Å². The van der Waals surface area contributed by atoms with Crippen LogP contribution in [0, 0.1) is 11.3 Å². The van der Waals surface area contributed by atoms with Gasteiger partial charge >= 0.3 is 0 Å². The van der Waals surface area contributed by atoms with Gasteiger partial charge in [0, 0.05) is 57.7 Å². The fourth-order valence-corrected chi connectivity index (χ4v) is 3.06. The molecule has 2 aliphatic rings. The number of hydrogen-bond donors (Lipinski definition) is 0. The van der Waals surface area contributed by atoms with Gasteiger partial charge in [0.25, 0.3) is 0 Å². The van der Waals surface area contributed by atoms with Crippen LogP contribution in [0.15, 0.2) is 12.4 Å². The van der Waals surface area contributed by atoms with E-state index in [0.717, 1.165) is 51.5 Å². The van der Waals surface area contributed by atoms with Gasteiger partial charge in [0.1, 0.15) is 6.07 Å². The van der Waals surface area contributed by atoms with Crippen molar-refractivity contribution in [1.82, 2.24) is 19.8 Å². The predicted octanol–water partition coefficient (Wildman–Crippen LogP) is 0.174. The van der Waals surface area contributed by atoms with Crippen LogP contribution in [0.3, 0.4) is 0 Å². The molecule has 3 rings (SSSR count). The molecule has 6 heteroatoms. The molecule has 1 aromatic rings. The lowest BCUT2D eigenvalue weighted by atomic mass is 10.2. The number of nitrogens with zero attached hydrogens (tertiary/aromatic N) is 6. The van der Waals surface area contributed by atoms with E-state index in [-0.39, 0.29) is 0 Å². The van der Waals surface area contributed by atoms with Crippen molar-refractivity contribution in [3.63, 3.8) is 0 Å². The molecule has 20 heavy (non-hydrogen) atoms. The molecule has 6 nitrogen and oxygen atoms in total. The molecule has 1 aromatic heterocycles. The highest BCUT2D eigenvalue weighted by Gasteiger charge is 2.31. The van der Waals surface area contributed by atoms with E-state index in [1.54, 1.807) is 12.4 Å². The molecule has 2 saturated heterocycles. The van der Waals surface area contributed by atoms with Gasteiger partial charge in [-0.2, -0.15) is 5.26 Å². The third-order valence-corrected chi connectivity index (χ3v) is 4.30. The number of rotatable bonds is 2. The van der Waals surface area contributed by atoms with E-state index in [0.29, 0.717) is 11.7 Å². The Morgan fingerprint density at radius 2 is 1.90 bits per heavy atom. The number of piperazine rings is 1. The molecular weight excluding hydrogens is 252 g/mol. The van der Waals surface area contributed by atoms with Crippen molar-refractivity contribution < 1.29 is 0 Å². The molecular formula is C14H20N6. The molecule has 0 spiro atoms. The first kappa shape index (κ1) is 13.3. The summed E-state index contributed by atoms with van der Waals surface area (Å²) in [6.45, 7) is 6.48. The number of likely N-dealkylation sites (N-methyl/N-ethyl adjacent to an activating group) is 1. The summed E-state index contributed by atoms with van der Waals surface area (Å²) in [6.07, 6.45) is 4.39. The highest BCUT2D eigenvalue weighted by atomic mass is 15.3. The first-order valence-electron chi connectivity index (χ1n) is 7.16. The van der Waals surface area contributed by atoms with E-state index in [4.69, 9.17) is 5.26 Å². The monoisotopic (exact) mass is 272 g/mol. The fourth-order valence-electron chi connectivity index (χ4n) is 3.06. The summed E-state index contributed by atoms with van der Waals surface area (Å²) in [5.74, 6) is 0.742. The second kappa shape index (κ2) is 5.73. The summed E-state index contributed by atoms with van der Waals surface area (Å²) in [4.78, 5) is 15.6. The summed E-state index contributed by atoms with van der Waals surface area (Å²) in [6, 6.07) is 2.72. The quantitative estimate of drug-likeness (QED) is 0.765. The Labute approximate surface area is 119 Å². The van der Waals surface area contributed by atoms with Crippen LogP contribution in [0.1, 0.15) is 12.1 Å². The third kappa shape index (κ3) is 2.60. The Hall–Kier alpha value is -1.71. The van der Waals surface area contributed by atoms with Crippen LogP contribution in [-0.4, -0.2) is 72.1 Å². The summed E-state index contributed by atoms with van der Waals surface area (Å²) in [5.41, 5.74) is 0.437. The Bertz CT molecular complexity index is 503. The van der Waals surface area contributed by atoms with E-state index in [1.807, 2.05) is 0 Å². The molecule has 106 valence electrons. The van der Waals surface area contributed by atoms with Crippen LogP contribution in [0.4, 0.5) is 5.82 Å². The van der Waals surface area contributed by atoms with Crippen molar-refractivity contribution in [3.8, 4) is 6.07 Å². The standard InChI is InChI=1S/C14H20N6/c1-18-6-8-19(9-7-18)12-2-5-20(11-12)14-13(10-15)16-3-4-17-14/h3-4,12H,2,5-9,11H2,1H3. The van der Waals surface area contributed by atoms with Crippen LogP contribution in [-0.2, 0) is 0 Å². The molecule has 2 aliphatic heterocycles. The van der Waals surface area contributed by atoms with Crippen LogP contribution >= 0.6 is 0 Å². The second-order valence-electron chi connectivity index (χ2n) is 5.57. The zero-order valence-corrected chi connectivity index (χ0v) is 11.9. The highest BCUT2D eigenvalue weighted by molar-refractivity contribution is 5.50. The molecule has 0 aromatic carbocycles. The topological polar surface area (TPSA) is 59.3 Å². The number of aromatic nitrogens is 2. The summed E-state index contributed by atoms with van der Waals surface area (Å²) in [5, 5.41) is 9.13. The lowest BCUT2D eigenvalue weighted by molar-refractivity contribution is 0.120. The van der Waals surface area contributed by atoms with Crippen molar-refractivity contribution in [1.29, 1.82) is 5.26 Å². The zero-order valence-electron chi connectivity index (χ0n) is 11.9. The smallest absolute Gasteiger partial charge is 0.183 e. The minimum atomic E-state index is 0.437. The van der Waals surface area contributed by atoms with E-state index >= 15 is 0 Å². The van der Waals surface area contributed by atoms with E-state index in [9.17, 15) is 0 Å². The third-order valence-electron chi connectivity index (χ3n) is 4.30. The first-order valence-corrected chi connectivity index (χ1v) is 7.16. The van der Waals surface area contributed by atoms with Gasteiger partial charge in [0.15, 0.2) is 11.5 Å². The molecule has 1 atom stereocenters. The van der Waals surface area contributed by atoms with Gasteiger partial charge in [0.05, 0.1) is 0 Å². The Morgan fingerprint density at radius 1 is 1.15 bits per heavy atom. The molecule has 0 radical (unpaired) electrons. The van der Waals surface area contributed by atoms with Crippen molar-refractivity contribution in [2.24, 2.45) is 0 Å². The molecule has 2 fully saturated rings. The Morgan fingerprint density at radius 3 is 2.65 bits per heavy atom. The Balaban J connectivity index is 1.66. The lowest BCUT2D eigenvalue weighted by Gasteiger charge is -2.36. The summed E-state index contributed by atoms with van der Waals surface area (Å²) in [7, 11) is 2.18. The molecule has 0 amide bonds. The molecule has 1 unspecified atom stereocenters. The van der Waals surface area contributed by atoms with Gasteiger partial charge in [0.2, 0.25) is 0 Å².